The molecule has 104 valence electrons. The van der Waals surface area contributed by atoms with Gasteiger partial charge in [0.15, 0.2) is 0 Å². The monoisotopic (exact) mass is 270 g/mol. The van der Waals surface area contributed by atoms with E-state index in [1.54, 1.807) is 12.3 Å². The van der Waals surface area contributed by atoms with Gasteiger partial charge in [-0.1, -0.05) is 18.2 Å². The number of halogens is 1. The van der Waals surface area contributed by atoms with E-state index in [4.69, 9.17) is 0 Å². The van der Waals surface area contributed by atoms with Gasteiger partial charge >= 0.3 is 0 Å². The number of aromatic nitrogens is 1. The molecule has 1 aromatic heterocycles. The van der Waals surface area contributed by atoms with Gasteiger partial charge in [-0.05, 0) is 49.4 Å². The number of pyridine rings is 1. The standard InChI is InChI=1S/C17H19FN2/c1-12(17-4-2-3-9-19-17)20-11-15-8-7-14(10-16(15)18)13-5-6-13/h2-4,7-10,12-13,20H,5-6,11H2,1H3. The minimum Gasteiger partial charge on any atom is -0.305 e. The van der Waals surface area contributed by atoms with Crippen LogP contribution in [0.1, 0.15) is 48.5 Å². The molecule has 0 aliphatic heterocycles. The lowest BCUT2D eigenvalue weighted by Gasteiger charge is -2.14. The van der Waals surface area contributed by atoms with Crippen LogP contribution in [0.25, 0.3) is 0 Å². The number of hydrogen-bond donors (Lipinski definition) is 1. The van der Waals surface area contributed by atoms with Crippen LogP contribution < -0.4 is 5.32 Å². The maximum absolute atomic E-state index is 14.0. The minimum absolute atomic E-state index is 0.102. The van der Waals surface area contributed by atoms with Gasteiger partial charge < -0.3 is 5.32 Å². The molecule has 1 unspecified atom stereocenters. The van der Waals surface area contributed by atoms with Crippen LogP contribution in [-0.2, 0) is 6.54 Å². The van der Waals surface area contributed by atoms with E-state index in [9.17, 15) is 4.39 Å². The molecule has 0 spiro atoms. The summed E-state index contributed by atoms with van der Waals surface area (Å²) in [5.41, 5.74) is 2.84. The summed E-state index contributed by atoms with van der Waals surface area (Å²) in [4.78, 5) is 4.30. The van der Waals surface area contributed by atoms with Crippen LogP contribution in [0.15, 0.2) is 42.6 Å². The second-order valence-corrected chi connectivity index (χ2v) is 5.48. The first-order chi connectivity index (χ1) is 9.74. The van der Waals surface area contributed by atoms with E-state index in [0.717, 1.165) is 16.8 Å². The predicted molar refractivity (Wildman–Crippen MR) is 77.9 cm³/mol. The number of nitrogens with zero attached hydrogens (tertiary/aromatic N) is 1. The summed E-state index contributed by atoms with van der Waals surface area (Å²) in [6.07, 6.45) is 4.18. The average Bonchev–Trinajstić information content (AvgIpc) is 3.31. The Kier molecular flexibility index (Phi) is 3.79. The van der Waals surface area contributed by atoms with Crippen molar-refractivity contribution >= 4 is 0 Å². The molecule has 0 saturated heterocycles. The minimum atomic E-state index is -0.102. The fraction of sp³-hybridized carbons (Fsp3) is 0.353. The Hall–Kier alpha value is -1.74. The largest absolute Gasteiger partial charge is 0.305 e. The van der Waals surface area contributed by atoms with Gasteiger partial charge in [0.1, 0.15) is 5.82 Å². The third-order valence-electron chi connectivity index (χ3n) is 3.86. The molecule has 0 amide bonds. The SMILES string of the molecule is CC(NCc1ccc(C2CC2)cc1F)c1ccccn1. The van der Waals surface area contributed by atoms with E-state index >= 15 is 0 Å². The molecule has 3 rings (SSSR count). The molecular weight excluding hydrogens is 251 g/mol. The lowest BCUT2D eigenvalue weighted by molar-refractivity contribution is 0.535. The van der Waals surface area contributed by atoms with Gasteiger partial charge in [0.25, 0.3) is 0 Å². The molecule has 20 heavy (non-hydrogen) atoms. The predicted octanol–water partition coefficient (Wildman–Crippen LogP) is 3.95. The zero-order chi connectivity index (χ0) is 13.9. The molecule has 1 saturated carbocycles. The fourth-order valence-electron chi connectivity index (χ4n) is 2.38. The van der Waals surface area contributed by atoms with Crippen molar-refractivity contribution < 1.29 is 4.39 Å². The molecule has 1 aliphatic rings. The Morgan fingerprint density at radius 3 is 2.80 bits per heavy atom. The molecule has 0 radical (unpaired) electrons. The van der Waals surface area contributed by atoms with Crippen molar-refractivity contribution in [2.45, 2.75) is 38.3 Å². The van der Waals surface area contributed by atoms with Crippen molar-refractivity contribution in [3.05, 3.63) is 65.2 Å². The number of rotatable bonds is 5. The van der Waals surface area contributed by atoms with Gasteiger partial charge in [-0.25, -0.2) is 4.39 Å². The molecule has 1 heterocycles. The second kappa shape index (κ2) is 5.71. The third kappa shape index (κ3) is 3.05. The van der Waals surface area contributed by atoms with Gasteiger partial charge in [0.05, 0.1) is 5.69 Å². The first-order valence-corrected chi connectivity index (χ1v) is 7.16. The van der Waals surface area contributed by atoms with Gasteiger partial charge in [-0.15, -0.1) is 0 Å². The van der Waals surface area contributed by atoms with Crippen LogP contribution in [-0.4, -0.2) is 4.98 Å². The van der Waals surface area contributed by atoms with Crippen molar-refractivity contribution in [1.82, 2.24) is 10.3 Å². The van der Waals surface area contributed by atoms with Crippen molar-refractivity contribution in [1.29, 1.82) is 0 Å². The summed E-state index contributed by atoms with van der Waals surface area (Å²) >= 11 is 0. The van der Waals surface area contributed by atoms with E-state index < -0.39 is 0 Å². The van der Waals surface area contributed by atoms with E-state index in [-0.39, 0.29) is 11.9 Å². The number of nitrogens with one attached hydrogen (secondary N) is 1. The highest BCUT2D eigenvalue weighted by molar-refractivity contribution is 5.29. The van der Waals surface area contributed by atoms with Crippen LogP contribution in [0.2, 0.25) is 0 Å². The fourth-order valence-corrected chi connectivity index (χ4v) is 2.38. The van der Waals surface area contributed by atoms with Crippen molar-refractivity contribution in [2.24, 2.45) is 0 Å². The van der Waals surface area contributed by atoms with Crippen LogP contribution in [0, 0.1) is 5.82 Å². The zero-order valence-corrected chi connectivity index (χ0v) is 11.6. The molecule has 2 aromatic rings. The van der Waals surface area contributed by atoms with Crippen molar-refractivity contribution in [3.8, 4) is 0 Å². The Morgan fingerprint density at radius 2 is 2.15 bits per heavy atom. The van der Waals surface area contributed by atoms with Gasteiger partial charge in [-0.3, -0.25) is 4.98 Å². The highest BCUT2D eigenvalue weighted by atomic mass is 19.1. The summed E-state index contributed by atoms with van der Waals surface area (Å²) in [6, 6.07) is 11.6. The van der Waals surface area contributed by atoms with E-state index in [1.165, 1.54) is 12.8 Å². The van der Waals surface area contributed by atoms with Crippen LogP contribution in [0.3, 0.4) is 0 Å². The first kappa shape index (κ1) is 13.3. The smallest absolute Gasteiger partial charge is 0.127 e. The molecular formula is C17H19FN2. The lowest BCUT2D eigenvalue weighted by atomic mass is 10.1. The number of hydrogen-bond acceptors (Lipinski definition) is 2. The molecule has 3 heteroatoms. The average molecular weight is 270 g/mol. The Labute approximate surface area is 119 Å². The topological polar surface area (TPSA) is 24.9 Å². The normalized spacial score (nSPS) is 16.1. The highest BCUT2D eigenvalue weighted by Crippen LogP contribution is 2.40. The van der Waals surface area contributed by atoms with E-state index in [2.05, 4.69) is 16.4 Å². The molecule has 1 N–H and O–H groups in total. The Morgan fingerprint density at radius 1 is 1.30 bits per heavy atom. The molecule has 1 atom stereocenters. The molecule has 2 nitrogen and oxygen atoms in total. The Balaban J connectivity index is 1.63. The summed E-state index contributed by atoms with van der Waals surface area (Å²) < 4.78 is 14.0. The van der Waals surface area contributed by atoms with E-state index in [0.29, 0.717) is 12.5 Å². The van der Waals surface area contributed by atoms with Gasteiger partial charge in [0, 0.05) is 24.3 Å². The zero-order valence-electron chi connectivity index (χ0n) is 11.6. The van der Waals surface area contributed by atoms with E-state index in [1.807, 2.05) is 31.2 Å². The van der Waals surface area contributed by atoms with Crippen LogP contribution in [0.4, 0.5) is 4.39 Å². The lowest BCUT2D eigenvalue weighted by Crippen LogP contribution is -2.19. The van der Waals surface area contributed by atoms with Crippen molar-refractivity contribution in [3.63, 3.8) is 0 Å². The number of benzene rings is 1. The van der Waals surface area contributed by atoms with Crippen LogP contribution in [0.5, 0.6) is 0 Å². The first-order valence-electron chi connectivity index (χ1n) is 7.16. The highest BCUT2D eigenvalue weighted by Gasteiger charge is 2.24. The quantitative estimate of drug-likeness (QED) is 0.890. The summed E-state index contributed by atoms with van der Waals surface area (Å²) in [5, 5.41) is 3.32. The van der Waals surface area contributed by atoms with Crippen molar-refractivity contribution in [2.75, 3.05) is 0 Å². The third-order valence-corrected chi connectivity index (χ3v) is 3.86. The van der Waals surface area contributed by atoms with Crippen LogP contribution >= 0.6 is 0 Å². The molecule has 1 fully saturated rings. The summed E-state index contributed by atoms with van der Waals surface area (Å²) in [5.74, 6) is 0.495. The second-order valence-electron chi connectivity index (χ2n) is 5.48. The van der Waals surface area contributed by atoms with Gasteiger partial charge in [-0.2, -0.15) is 0 Å². The van der Waals surface area contributed by atoms with Gasteiger partial charge in [0.2, 0.25) is 0 Å². The maximum atomic E-state index is 14.0. The summed E-state index contributed by atoms with van der Waals surface area (Å²) in [7, 11) is 0. The maximum Gasteiger partial charge on any atom is 0.127 e. The molecule has 1 aliphatic carbocycles. The molecule has 1 aromatic carbocycles. The summed E-state index contributed by atoms with van der Waals surface area (Å²) in [6.45, 7) is 2.56. The Bertz CT molecular complexity index is 579. The molecule has 0 bridgehead atoms.